The Morgan fingerprint density at radius 2 is 1.90 bits per heavy atom. The Bertz CT molecular complexity index is 855. The highest BCUT2D eigenvalue weighted by molar-refractivity contribution is 5.97. The number of amides is 2. The van der Waals surface area contributed by atoms with Gasteiger partial charge in [0, 0.05) is 49.9 Å². The van der Waals surface area contributed by atoms with E-state index in [9.17, 15) is 22.8 Å². The molecule has 1 aromatic heterocycles. The van der Waals surface area contributed by atoms with Gasteiger partial charge in [0.15, 0.2) is 0 Å². The molecule has 0 unspecified atom stereocenters. The third-order valence-electron chi connectivity index (χ3n) is 4.00. The summed E-state index contributed by atoms with van der Waals surface area (Å²) in [7, 11) is 1.53. The van der Waals surface area contributed by atoms with E-state index in [1.54, 1.807) is 0 Å². The standard InChI is InChI=1S/C20H23F3N4O2/c1-13(2)12-27(3)19(29)14-8-15(20(21,22)23)10-17(9-14)26-18(28)5-4-16-11-24-6-7-25-16/h6-11,13H,4-5,12H2,1-3H3,(H,26,28). The number of nitrogens with one attached hydrogen (secondary N) is 1. The molecule has 0 aliphatic carbocycles. The molecular formula is C20H23F3N4O2. The highest BCUT2D eigenvalue weighted by atomic mass is 19.4. The Balaban J connectivity index is 2.19. The van der Waals surface area contributed by atoms with Crippen molar-refractivity contribution in [1.82, 2.24) is 14.9 Å². The topological polar surface area (TPSA) is 75.2 Å². The van der Waals surface area contributed by atoms with Gasteiger partial charge in [0.25, 0.3) is 5.91 Å². The first-order chi connectivity index (χ1) is 13.6. The number of hydrogen-bond acceptors (Lipinski definition) is 4. The Labute approximate surface area is 167 Å². The third-order valence-corrected chi connectivity index (χ3v) is 4.00. The van der Waals surface area contributed by atoms with Gasteiger partial charge in [-0.15, -0.1) is 0 Å². The first-order valence-electron chi connectivity index (χ1n) is 9.08. The van der Waals surface area contributed by atoms with E-state index in [4.69, 9.17) is 0 Å². The second-order valence-electron chi connectivity index (χ2n) is 7.12. The quantitative estimate of drug-likeness (QED) is 0.756. The monoisotopic (exact) mass is 408 g/mol. The minimum absolute atomic E-state index is 0.0193. The maximum absolute atomic E-state index is 13.3. The normalized spacial score (nSPS) is 11.4. The van der Waals surface area contributed by atoms with Crippen LogP contribution >= 0.6 is 0 Å². The van der Waals surface area contributed by atoms with Crippen LogP contribution in [0.3, 0.4) is 0 Å². The molecule has 0 radical (unpaired) electrons. The molecule has 0 atom stereocenters. The van der Waals surface area contributed by atoms with Crippen molar-refractivity contribution in [3.8, 4) is 0 Å². The van der Waals surface area contributed by atoms with Crippen molar-refractivity contribution < 1.29 is 22.8 Å². The van der Waals surface area contributed by atoms with Gasteiger partial charge in [-0.2, -0.15) is 13.2 Å². The molecule has 156 valence electrons. The summed E-state index contributed by atoms with van der Waals surface area (Å²) in [4.78, 5) is 34.0. The summed E-state index contributed by atoms with van der Waals surface area (Å²) >= 11 is 0. The maximum atomic E-state index is 13.3. The summed E-state index contributed by atoms with van der Waals surface area (Å²) in [6, 6.07) is 2.88. The molecule has 0 aliphatic rings. The fraction of sp³-hybridized carbons (Fsp3) is 0.400. The van der Waals surface area contributed by atoms with Crippen LogP contribution in [-0.4, -0.2) is 40.3 Å². The molecule has 2 rings (SSSR count). The number of nitrogens with zero attached hydrogens (tertiary/aromatic N) is 3. The summed E-state index contributed by atoms with van der Waals surface area (Å²) in [6.45, 7) is 4.20. The summed E-state index contributed by atoms with van der Waals surface area (Å²) in [6.07, 6.45) is 0.171. The molecule has 9 heteroatoms. The van der Waals surface area contributed by atoms with Crippen molar-refractivity contribution in [3.63, 3.8) is 0 Å². The van der Waals surface area contributed by atoms with E-state index in [1.165, 1.54) is 36.6 Å². The second-order valence-corrected chi connectivity index (χ2v) is 7.12. The Morgan fingerprint density at radius 3 is 2.48 bits per heavy atom. The zero-order chi connectivity index (χ0) is 21.6. The van der Waals surface area contributed by atoms with Crippen molar-refractivity contribution in [1.29, 1.82) is 0 Å². The number of anilines is 1. The highest BCUT2D eigenvalue weighted by Gasteiger charge is 2.32. The molecule has 1 N–H and O–H groups in total. The van der Waals surface area contributed by atoms with E-state index in [0.717, 1.165) is 12.1 Å². The molecular weight excluding hydrogens is 385 g/mol. The fourth-order valence-electron chi connectivity index (χ4n) is 2.76. The van der Waals surface area contributed by atoms with Gasteiger partial charge in [0.1, 0.15) is 0 Å². The number of carbonyl (C=O) groups is 2. The first kappa shape index (κ1) is 22.3. The lowest BCUT2D eigenvalue weighted by Crippen LogP contribution is -2.30. The lowest BCUT2D eigenvalue weighted by Gasteiger charge is -2.20. The molecule has 0 aliphatic heterocycles. The molecule has 6 nitrogen and oxygen atoms in total. The Kier molecular flexibility index (Phi) is 7.30. The Hall–Kier alpha value is -2.97. The van der Waals surface area contributed by atoms with Crippen molar-refractivity contribution in [2.75, 3.05) is 18.9 Å². The minimum Gasteiger partial charge on any atom is -0.341 e. The largest absolute Gasteiger partial charge is 0.416 e. The maximum Gasteiger partial charge on any atom is 0.416 e. The number of alkyl halides is 3. The smallest absolute Gasteiger partial charge is 0.341 e. The molecule has 1 aromatic carbocycles. The fourth-order valence-corrected chi connectivity index (χ4v) is 2.76. The van der Waals surface area contributed by atoms with Crippen LogP contribution in [0.4, 0.5) is 18.9 Å². The summed E-state index contributed by atoms with van der Waals surface area (Å²) in [5.74, 6) is -0.862. The van der Waals surface area contributed by atoms with Crippen LogP contribution in [0, 0.1) is 5.92 Å². The van der Waals surface area contributed by atoms with Gasteiger partial charge in [0.2, 0.25) is 5.91 Å². The van der Waals surface area contributed by atoms with E-state index in [0.29, 0.717) is 18.7 Å². The van der Waals surface area contributed by atoms with Crippen LogP contribution in [0.2, 0.25) is 0 Å². The molecule has 0 saturated heterocycles. The van der Waals surface area contributed by atoms with Gasteiger partial charge < -0.3 is 10.2 Å². The van der Waals surface area contributed by atoms with Crippen LogP contribution in [0.5, 0.6) is 0 Å². The van der Waals surface area contributed by atoms with Crippen LogP contribution in [0.1, 0.15) is 41.9 Å². The molecule has 2 aromatic rings. The van der Waals surface area contributed by atoms with Gasteiger partial charge >= 0.3 is 6.18 Å². The Morgan fingerprint density at radius 1 is 1.17 bits per heavy atom. The molecule has 2 amide bonds. The van der Waals surface area contributed by atoms with Gasteiger partial charge in [-0.25, -0.2) is 0 Å². The van der Waals surface area contributed by atoms with Crippen LogP contribution in [-0.2, 0) is 17.4 Å². The van der Waals surface area contributed by atoms with Gasteiger partial charge in [-0.3, -0.25) is 19.6 Å². The number of hydrogen-bond donors (Lipinski definition) is 1. The van der Waals surface area contributed by atoms with Crippen LogP contribution < -0.4 is 5.32 Å². The van der Waals surface area contributed by atoms with Gasteiger partial charge in [-0.05, 0) is 30.5 Å². The average Bonchev–Trinajstić information content (AvgIpc) is 2.65. The number of carbonyl (C=O) groups excluding carboxylic acids is 2. The molecule has 29 heavy (non-hydrogen) atoms. The van der Waals surface area contributed by atoms with Crippen molar-refractivity contribution >= 4 is 17.5 Å². The second kappa shape index (κ2) is 9.49. The predicted octanol–water partition coefficient (Wildman–Crippen LogP) is 3.79. The van der Waals surface area contributed by atoms with Gasteiger partial charge in [-0.1, -0.05) is 13.8 Å². The number of aromatic nitrogens is 2. The number of benzene rings is 1. The van der Waals surface area contributed by atoms with E-state index < -0.39 is 23.6 Å². The zero-order valence-electron chi connectivity index (χ0n) is 16.5. The average molecular weight is 408 g/mol. The van der Waals surface area contributed by atoms with Crippen molar-refractivity contribution in [2.24, 2.45) is 5.92 Å². The zero-order valence-corrected chi connectivity index (χ0v) is 16.5. The summed E-state index contributed by atoms with van der Waals surface area (Å²) in [5, 5.41) is 2.44. The van der Waals surface area contributed by atoms with Crippen LogP contribution in [0.15, 0.2) is 36.8 Å². The number of halogens is 3. The SMILES string of the molecule is CC(C)CN(C)C(=O)c1cc(NC(=O)CCc2cnccn2)cc(C(F)(F)F)c1. The highest BCUT2D eigenvalue weighted by Crippen LogP contribution is 2.32. The lowest BCUT2D eigenvalue weighted by atomic mass is 10.1. The number of rotatable bonds is 7. The van der Waals surface area contributed by atoms with Gasteiger partial charge in [0.05, 0.1) is 11.3 Å². The number of aryl methyl sites for hydroxylation is 1. The van der Waals surface area contributed by atoms with Crippen molar-refractivity contribution in [2.45, 2.75) is 32.9 Å². The molecule has 0 saturated carbocycles. The predicted molar refractivity (Wildman–Crippen MR) is 102 cm³/mol. The van der Waals surface area contributed by atoms with E-state index in [-0.39, 0.29) is 23.6 Å². The summed E-state index contributed by atoms with van der Waals surface area (Å²) < 4.78 is 39.8. The van der Waals surface area contributed by atoms with Crippen molar-refractivity contribution in [3.05, 3.63) is 53.6 Å². The van der Waals surface area contributed by atoms with E-state index in [1.807, 2.05) is 13.8 Å². The molecule has 1 heterocycles. The molecule has 0 fully saturated rings. The van der Waals surface area contributed by atoms with Crippen LogP contribution in [0.25, 0.3) is 0 Å². The minimum atomic E-state index is -4.65. The third kappa shape index (κ3) is 6.85. The summed E-state index contributed by atoms with van der Waals surface area (Å²) in [5.41, 5.74) is -0.610. The van der Waals surface area contributed by atoms with E-state index >= 15 is 0 Å². The molecule has 0 spiro atoms. The van der Waals surface area contributed by atoms with E-state index in [2.05, 4.69) is 15.3 Å². The first-order valence-corrected chi connectivity index (χ1v) is 9.08. The lowest BCUT2D eigenvalue weighted by molar-refractivity contribution is -0.137. The molecule has 0 bridgehead atoms.